The minimum Gasteiger partial charge on any atom is -0.478 e. The molecule has 0 spiro atoms. The lowest BCUT2D eigenvalue weighted by molar-refractivity contribution is -0.131. The zero-order valence-electron chi connectivity index (χ0n) is 14.0. The van der Waals surface area contributed by atoms with Crippen molar-refractivity contribution in [1.29, 1.82) is 0 Å². The van der Waals surface area contributed by atoms with Crippen molar-refractivity contribution in [3.05, 3.63) is 11.6 Å². The van der Waals surface area contributed by atoms with Gasteiger partial charge in [-0.1, -0.05) is 20.8 Å². The first kappa shape index (κ1) is 16.7. The SMILES string of the molecule is CC(C)(C)[Si](C)(C)OC[C@@]12CCCN1CC(=CC(=O)O)C2. The summed E-state index contributed by atoms with van der Waals surface area (Å²) >= 11 is 0. The minimum atomic E-state index is -1.75. The zero-order chi connectivity index (χ0) is 15.9. The Morgan fingerprint density at radius 2 is 2.14 bits per heavy atom. The van der Waals surface area contributed by atoms with Gasteiger partial charge in [-0.25, -0.2) is 4.79 Å². The Hall–Kier alpha value is -0.653. The van der Waals surface area contributed by atoms with Crippen molar-refractivity contribution < 1.29 is 14.3 Å². The van der Waals surface area contributed by atoms with Gasteiger partial charge in [0, 0.05) is 18.2 Å². The van der Waals surface area contributed by atoms with Crippen molar-refractivity contribution >= 4 is 14.3 Å². The van der Waals surface area contributed by atoms with Crippen LogP contribution in [0.25, 0.3) is 0 Å². The maximum atomic E-state index is 10.9. The number of carboxylic acid groups (broad SMARTS) is 1. The van der Waals surface area contributed by atoms with E-state index in [0.29, 0.717) is 0 Å². The molecular weight excluding hydrogens is 282 g/mol. The molecule has 2 fully saturated rings. The summed E-state index contributed by atoms with van der Waals surface area (Å²) in [6.45, 7) is 14.0. The van der Waals surface area contributed by atoms with E-state index in [4.69, 9.17) is 9.53 Å². The van der Waals surface area contributed by atoms with Gasteiger partial charge in [-0.2, -0.15) is 0 Å². The molecule has 0 bridgehead atoms. The second kappa shape index (κ2) is 5.52. The minimum absolute atomic E-state index is 0.0524. The highest BCUT2D eigenvalue weighted by molar-refractivity contribution is 6.74. The molecule has 2 saturated heterocycles. The van der Waals surface area contributed by atoms with Crippen molar-refractivity contribution in [2.75, 3.05) is 19.7 Å². The summed E-state index contributed by atoms with van der Waals surface area (Å²) in [5, 5.41) is 9.18. The predicted octanol–water partition coefficient (Wildman–Crippen LogP) is 3.26. The smallest absolute Gasteiger partial charge is 0.328 e. The fraction of sp³-hybridized carbons (Fsp3) is 0.812. The van der Waals surface area contributed by atoms with Gasteiger partial charge in [0.05, 0.1) is 6.61 Å². The molecule has 0 aromatic carbocycles. The molecule has 2 aliphatic heterocycles. The Bertz CT molecular complexity index is 453. The van der Waals surface area contributed by atoms with Crippen molar-refractivity contribution in [2.24, 2.45) is 0 Å². The summed E-state index contributed by atoms with van der Waals surface area (Å²) in [6, 6.07) is 0. The molecule has 2 heterocycles. The average molecular weight is 311 g/mol. The summed E-state index contributed by atoms with van der Waals surface area (Å²) in [4.78, 5) is 13.3. The van der Waals surface area contributed by atoms with E-state index in [-0.39, 0.29) is 10.6 Å². The number of rotatable bonds is 4. The zero-order valence-corrected chi connectivity index (χ0v) is 15.0. The Labute approximate surface area is 129 Å². The van der Waals surface area contributed by atoms with Crippen LogP contribution in [-0.2, 0) is 9.22 Å². The summed E-state index contributed by atoms with van der Waals surface area (Å²) in [7, 11) is -1.75. The van der Waals surface area contributed by atoms with E-state index in [0.717, 1.165) is 38.1 Å². The van der Waals surface area contributed by atoms with Crippen molar-refractivity contribution in [2.45, 2.75) is 63.7 Å². The average Bonchev–Trinajstić information content (AvgIpc) is 2.80. The first-order valence-electron chi connectivity index (χ1n) is 7.87. The highest BCUT2D eigenvalue weighted by atomic mass is 28.4. The summed E-state index contributed by atoms with van der Waals surface area (Å²) in [5.41, 5.74) is 1.10. The fourth-order valence-electron chi connectivity index (χ4n) is 3.18. The Balaban J connectivity index is 2.09. The third-order valence-corrected chi connectivity index (χ3v) is 10.0. The Morgan fingerprint density at radius 3 is 2.71 bits per heavy atom. The van der Waals surface area contributed by atoms with Gasteiger partial charge in [0.1, 0.15) is 0 Å². The molecule has 2 aliphatic rings. The van der Waals surface area contributed by atoms with Gasteiger partial charge in [-0.15, -0.1) is 0 Å². The van der Waals surface area contributed by atoms with E-state index in [1.54, 1.807) is 0 Å². The molecule has 0 aromatic heterocycles. The number of nitrogens with zero attached hydrogens (tertiary/aromatic N) is 1. The van der Waals surface area contributed by atoms with Crippen molar-refractivity contribution in [1.82, 2.24) is 4.90 Å². The predicted molar refractivity (Wildman–Crippen MR) is 87.0 cm³/mol. The van der Waals surface area contributed by atoms with Gasteiger partial charge in [0.15, 0.2) is 8.32 Å². The summed E-state index contributed by atoms with van der Waals surface area (Å²) in [6.07, 6.45) is 4.57. The van der Waals surface area contributed by atoms with Gasteiger partial charge in [-0.05, 0) is 49.5 Å². The monoisotopic (exact) mass is 311 g/mol. The molecule has 2 rings (SSSR count). The van der Waals surface area contributed by atoms with Gasteiger partial charge in [-0.3, -0.25) is 4.90 Å². The van der Waals surface area contributed by atoms with Gasteiger partial charge in [0.2, 0.25) is 0 Å². The fourth-order valence-corrected chi connectivity index (χ4v) is 4.24. The molecule has 0 radical (unpaired) electrons. The number of fused-ring (bicyclic) bond motifs is 1. The van der Waals surface area contributed by atoms with E-state index >= 15 is 0 Å². The van der Waals surface area contributed by atoms with Crippen LogP contribution in [0.5, 0.6) is 0 Å². The van der Waals surface area contributed by atoms with Crippen LogP contribution in [0, 0.1) is 0 Å². The topological polar surface area (TPSA) is 49.8 Å². The molecule has 0 aliphatic carbocycles. The van der Waals surface area contributed by atoms with E-state index in [1.807, 2.05) is 0 Å². The number of aliphatic carboxylic acids is 1. The molecule has 21 heavy (non-hydrogen) atoms. The molecule has 4 nitrogen and oxygen atoms in total. The summed E-state index contributed by atoms with van der Waals surface area (Å²) in [5.74, 6) is -0.827. The molecule has 5 heteroatoms. The highest BCUT2D eigenvalue weighted by Gasteiger charge is 2.48. The maximum absolute atomic E-state index is 10.9. The lowest BCUT2D eigenvalue weighted by Crippen LogP contribution is -2.49. The molecular formula is C16H29NO3Si. The molecule has 0 saturated carbocycles. The number of hydrogen-bond donors (Lipinski definition) is 1. The van der Waals surface area contributed by atoms with Gasteiger partial charge >= 0.3 is 5.97 Å². The maximum Gasteiger partial charge on any atom is 0.328 e. The lowest BCUT2D eigenvalue weighted by atomic mass is 9.93. The van der Waals surface area contributed by atoms with E-state index in [2.05, 4.69) is 38.8 Å². The van der Waals surface area contributed by atoms with Crippen LogP contribution in [0.4, 0.5) is 0 Å². The van der Waals surface area contributed by atoms with Gasteiger partial charge in [0.25, 0.3) is 0 Å². The molecule has 1 atom stereocenters. The largest absolute Gasteiger partial charge is 0.478 e. The molecule has 120 valence electrons. The number of carboxylic acids is 1. The van der Waals surface area contributed by atoms with Crippen molar-refractivity contribution in [3.8, 4) is 0 Å². The van der Waals surface area contributed by atoms with Crippen LogP contribution in [0.1, 0.15) is 40.0 Å². The van der Waals surface area contributed by atoms with E-state index < -0.39 is 14.3 Å². The lowest BCUT2D eigenvalue weighted by Gasteiger charge is -2.40. The second-order valence-corrected chi connectivity index (χ2v) is 12.9. The Kier molecular flexibility index (Phi) is 4.39. The first-order chi connectivity index (χ1) is 9.56. The van der Waals surface area contributed by atoms with Crippen LogP contribution in [-0.4, -0.2) is 49.5 Å². The number of hydrogen-bond acceptors (Lipinski definition) is 3. The summed E-state index contributed by atoms with van der Waals surface area (Å²) < 4.78 is 6.46. The van der Waals surface area contributed by atoms with Crippen LogP contribution in [0.2, 0.25) is 18.1 Å². The molecule has 1 N–H and O–H groups in total. The molecule has 0 unspecified atom stereocenters. The van der Waals surface area contributed by atoms with Crippen LogP contribution >= 0.6 is 0 Å². The third kappa shape index (κ3) is 3.41. The Morgan fingerprint density at radius 1 is 1.48 bits per heavy atom. The number of carbonyl (C=O) groups is 1. The highest BCUT2D eigenvalue weighted by Crippen LogP contribution is 2.44. The third-order valence-electron chi connectivity index (χ3n) is 5.53. The van der Waals surface area contributed by atoms with E-state index in [9.17, 15) is 4.79 Å². The second-order valence-electron chi connectivity index (χ2n) is 8.12. The standard InChI is InChI=1S/C16H29NO3Si/c1-15(2,3)21(4,5)20-12-16-7-6-8-17(16)11-13(10-16)9-14(18)19/h9H,6-8,10-12H2,1-5H3,(H,18,19)/t16-/m0/s1. The normalized spacial score (nSPS) is 29.1. The molecule has 0 aromatic rings. The quantitative estimate of drug-likeness (QED) is 0.639. The van der Waals surface area contributed by atoms with E-state index in [1.165, 1.54) is 12.5 Å². The van der Waals surface area contributed by atoms with Crippen molar-refractivity contribution in [3.63, 3.8) is 0 Å². The van der Waals surface area contributed by atoms with Gasteiger partial charge < -0.3 is 9.53 Å². The van der Waals surface area contributed by atoms with Crippen LogP contribution in [0.15, 0.2) is 11.6 Å². The van der Waals surface area contributed by atoms with Crippen LogP contribution < -0.4 is 0 Å². The van der Waals surface area contributed by atoms with Crippen LogP contribution in [0.3, 0.4) is 0 Å². The first-order valence-corrected chi connectivity index (χ1v) is 10.8. The molecule has 0 amide bonds.